The van der Waals surface area contributed by atoms with Crippen LogP contribution in [0.25, 0.3) is 0 Å². The Morgan fingerprint density at radius 3 is 2.32 bits per heavy atom. The first-order chi connectivity index (χ1) is 11.8. The first kappa shape index (κ1) is 18.6. The molecule has 8 heteroatoms. The van der Waals surface area contributed by atoms with Gasteiger partial charge in [-0.05, 0) is 44.2 Å². The number of thioether (sulfide) groups is 1. The van der Waals surface area contributed by atoms with Crippen molar-refractivity contribution < 1.29 is 18.8 Å². The molecule has 0 bridgehead atoms. The van der Waals surface area contributed by atoms with Crippen LogP contribution >= 0.6 is 11.8 Å². The molecule has 7 nitrogen and oxygen atoms in total. The molecule has 0 aliphatic rings. The minimum Gasteiger partial charge on any atom is -0.466 e. The molecule has 1 aromatic heterocycles. The summed E-state index contributed by atoms with van der Waals surface area (Å²) in [7, 11) is 0. The molecule has 2 aromatic rings. The third-order valence-electron chi connectivity index (χ3n) is 3.15. The number of amides is 3. The van der Waals surface area contributed by atoms with Crippen LogP contribution in [0.3, 0.4) is 0 Å². The molecule has 0 atom stereocenters. The Bertz CT molecular complexity index is 784. The van der Waals surface area contributed by atoms with E-state index >= 15 is 0 Å². The van der Waals surface area contributed by atoms with Crippen molar-refractivity contribution in [3.8, 4) is 0 Å². The van der Waals surface area contributed by atoms with E-state index in [2.05, 4.69) is 16.2 Å². The molecule has 1 heterocycles. The highest BCUT2D eigenvalue weighted by molar-refractivity contribution is 8.00. The first-order valence-corrected chi connectivity index (χ1v) is 8.50. The average molecular weight is 361 g/mol. The maximum atomic E-state index is 12.0. The normalized spacial score (nSPS) is 10.2. The zero-order valence-corrected chi connectivity index (χ0v) is 15.0. The molecule has 1 aromatic carbocycles. The Morgan fingerprint density at radius 2 is 1.76 bits per heavy atom. The van der Waals surface area contributed by atoms with Crippen molar-refractivity contribution in [2.45, 2.75) is 25.7 Å². The molecule has 0 fully saturated rings. The summed E-state index contributed by atoms with van der Waals surface area (Å²) in [6.45, 7) is 4.87. The van der Waals surface area contributed by atoms with Crippen LogP contribution in [-0.4, -0.2) is 23.5 Å². The standard InChI is InChI=1S/C17H19N3O4S/c1-10-8-15(11(2)24-10)17(23)20-19-16(22)9-25-14-6-4-13(5-7-14)18-12(3)21/h4-8H,9H2,1-3H3,(H,18,21)(H,19,22)(H,20,23). The fourth-order valence-electron chi connectivity index (χ4n) is 2.07. The molecule has 0 unspecified atom stereocenters. The van der Waals surface area contributed by atoms with Crippen molar-refractivity contribution in [2.75, 3.05) is 11.1 Å². The SMILES string of the molecule is CC(=O)Nc1ccc(SCC(=O)NNC(=O)c2cc(C)oc2C)cc1. The number of carbonyl (C=O) groups excluding carboxylic acids is 3. The highest BCUT2D eigenvalue weighted by Gasteiger charge is 2.14. The van der Waals surface area contributed by atoms with Gasteiger partial charge >= 0.3 is 0 Å². The molecular formula is C17H19N3O4S. The second kappa shape index (κ2) is 8.39. The lowest BCUT2D eigenvalue weighted by molar-refractivity contribution is -0.119. The molecule has 2 rings (SSSR count). The van der Waals surface area contributed by atoms with Crippen molar-refractivity contribution in [1.29, 1.82) is 0 Å². The van der Waals surface area contributed by atoms with E-state index in [1.165, 1.54) is 18.7 Å². The second-order valence-corrected chi connectivity index (χ2v) is 6.37. The smallest absolute Gasteiger partial charge is 0.273 e. The van der Waals surface area contributed by atoms with E-state index in [-0.39, 0.29) is 17.6 Å². The van der Waals surface area contributed by atoms with Crippen LogP contribution in [0.1, 0.15) is 28.8 Å². The Balaban J connectivity index is 1.78. The van der Waals surface area contributed by atoms with Crippen molar-refractivity contribution >= 4 is 35.2 Å². The maximum Gasteiger partial charge on any atom is 0.273 e. The molecule has 0 aliphatic carbocycles. The summed E-state index contributed by atoms with van der Waals surface area (Å²) in [6, 6.07) is 8.74. The van der Waals surface area contributed by atoms with Crippen LogP contribution in [0, 0.1) is 13.8 Å². The van der Waals surface area contributed by atoms with Gasteiger partial charge in [0.2, 0.25) is 11.8 Å². The summed E-state index contributed by atoms with van der Waals surface area (Å²) < 4.78 is 5.28. The van der Waals surface area contributed by atoms with Crippen LogP contribution in [-0.2, 0) is 9.59 Å². The van der Waals surface area contributed by atoms with Gasteiger partial charge in [0.15, 0.2) is 0 Å². The number of rotatable bonds is 5. The summed E-state index contributed by atoms with van der Waals surface area (Å²) in [5.41, 5.74) is 5.81. The Kier molecular flexibility index (Phi) is 6.24. The quantitative estimate of drug-likeness (QED) is 0.561. The van der Waals surface area contributed by atoms with Gasteiger partial charge in [0.25, 0.3) is 5.91 Å². The topological polar surface area (TPSA) is 100 Å². The molecule has 0 saturated carbocycles. The molecule has 0 aliphatic heterocycles. The lowest BCUT2D eigenvalue weighted by atomic mass is 10.2. The van der Waals surface area contributed by atoms with Crippen molar-refractivity contribution in [3.63, 3.8) is 0 Å². The van der Waals surface area contributed by atoms with Gasteiger partial charge in [-0.25, -0.2) is 0 Å². The van der Waals surface area contributed by atoms with E-state index in [1.807, 2.05) is 0 Å². The first-order valence-electron chi connectivity index (χ1n) is 7.52. The number of nitrogens with one attached hydrogen (secondary N) is 3. The number of benzene rings is 1. The number of anilines is 1. The van der Waals surface area contributed by atoms with Crippen molar-refractivity contribution in [1.82, 2.24) is 10.9 Å². The van der Waals surface area contributed by atoms with Crippen LogP contribution < -0.4 is 16.2 Å². The van der Waals surface area contributed by atoms with Gasteiger partial charge in [0, 0.05) is 17.5 Å². The van der Waals surface area contributed by atoms with Gasteiger partial charge in [0.05, 0.1) is 11.3 Å². The highest BCUT2D eigenvalue weighted by Crippen LogP contribution is 2.20. The van der Waals surface area contributed by atoms with Crippen LogP contribution in [0.5, 0.6) is 0 Å². The molecular weight excluding hydrogens is 342 g/mol. The Hall–Kier alpha value is -2.74. The third-order valence-corrected chi connectivity index (χ3v) is 4.16. The van der Waals surface area contributed by atoms with E-state index in [0.29, 0.717) is 22.8 Å². The molecule has 0 saturated heterocycles. The fourth-order valence-corrected chi connectivity index (χ4v) is 2.77. The van der Waals surface area contributed by atoms with Gasteiger partial charge < -0.3 is 9.73 Å². The number of hydrazine groups is 1. The number of hydrogen-bond donors (Lipinski definition) is 3. The molecule has 3 N–H and O–H groups in total. The number of aryl methyl sites for hydroxylation is 2. The number of furan rings is 1. The van der Waals surface area contributed by atoms with Gasteiger partial charge in [-0.15, -0.1) is 11.8 Å². The van der Waals surface area contributed by atoms with Crippen LogP contribution in [0.15, 0.2) is 39.6 Å². The van der Waals surface area contributed by atoms with Crippen LogP contribution in [0.4, 0.5) is 5.69 Å². The van der Waals surface area contributed by atoms with Crippen molar-refractivity contribution in [3.05, 3.63) is 47.4 Å². The van der Waals surface area contributed by atoms with Crippen molar-refractivity contribution in [2.24, 2.45) is 0 Å². The molecule has 3 amide bonds. The number of carbonyl (C=O) groups is 3. The summed E-state index contributed by atoms with van der Waals surface area (Å²) in [5.74, 6) is 0.376. The maximum absolute atomic E-state index is 12.0. The minimum atomic E-state index is -0.424. The van der Waals surface area contributed by atoms with Gasteiger partial charge in [-0.2, -0.15) is 0 Å². The summed E-state index contributed by atoms with van der Waals surface area (Å²) >= 11 is 1.32. The van der Waals surface area contributed by atoms with E-state index < -0.39 is 5.91 Å². The summed E-state index contributed by atoms with van der Waals surface area (Å²) in [4.78, 5) is 35.6. The predicted octanol–water partition coefficient (Wildman–Crippen LogP) is 2.41. The van der Waals surface area contributed by atoms with E-state index in [1.54, 1.807) is 44.2 Å². The Labute approximate surface area is 149 Å². The largest absolute Gasteiger partial charge is 0.466 e. The monoisotopic (exact) mass is 361 g/mol. The predicted molar refractivity (Wildman–Crippen MR) is 95.3 cm³/mol. The van der Waals surface area contributed by atoms with Gasteiger partial charge in [-0.3, -0.25) is 25.2 Å². The molecule has 25 heavy (non-hydrogen) atoms. The lowest BCUT2D eigenvalue weighted by Gasteiger charge is -2.07. The average Bonchev–Trinajstić information content (AvgIpc) is 2.90. The van der Waals surface area contributed by atoms with Gasteiger partial charge in [0.1, 0.15) is 11.5 Å². The highest BCUT2D eigenvalue weighted by atomic mass is 32.2. The second-order valence-electron chi connectivity index (χ2n) is 5.32. The number of hydrogen-bond acceptors (Lipinski definition) is 5. The zero-order valence-electron chi connectivity index (χ0n) is 14.1. The lowest BCUT2D eigenvalue weighted by Crippen LogP contribution is -2.42. The van der Waals surface area contributed by atoms with E-state index in [9.17, 15) is 14.4 Å². The molecule has 132 valence electrons. The summed E-state index contributed by atoms with van der Waals surface area (Å²) in [6.07, 6.45) is 0. The Morgan fingerprint density at radius 1 is 1.08 bits per heavy atom. The minimum absolute atomic E-state index is 0.140. The van der Waals surface area contributed by atoms with Crippen LogP contribution in [0.2, 0.25) is 0 Å². The van der Waals surface area contributed by atoms with Gasteiger partial charge in [-0.1, -0.05) is 0 Å². The fraction of sp³-hybridized carbons (Fsp3) is 0.235. The molecule has 0 radical (unpaired) electrons. The zero-order chi connectivity index (χ0) is 18.4. The van der Waals surface area contributed by atoms with E-state index in [0.717, 1.165) is 4.90 Å². The molecule has 0 spiro atoms. The summed E-state index contributed by atoms with van der Waals surface area (Å²) in [5, 5.41) is 2.67. The third kappa shape index (κ3) is 5.68. The van der Waals surface area contributed by atoms with E-state index in [4.69, 9.17) is 4.42 Å².